The molecule has 2 rings (SSSR count). The topological polar surface area (TPSA) is 47.6 Å². The number of para-hydroxylation sites is 1. The average Bonchev–Trinajstić information content (AvgIpc) is 2.35. The minimum atomic E-state index is -0.380. The third-order valence-electron chi connectivity index (χ3n) is 2.80. The van der Waals surface area contributed by atoms with Crippen LogP contribution in [0.1, 0.15) is 18.9 Å². The van der Waals surface area contributed by atoms with E-state index in [0.717, 1.165) is 17.7 Å². The predicted octanol–water partition coefficient (Wildman–Crippen LogP) is 1.98. The van der Waals surface area contributed by atoms with Crippen LogP contribution in [-0.2, 0) is 16.0 Å². The molecule has 1 aliphatic heterocycles. The molecular weight excluding hydrogens is 218 g/mol. The lowest BCUT2D eigenvalue weighted by molar-refractivity contribution is -0.127. The Morgan fingerprint density at radius 1 is 1.47 bits per heavy atom. The Hall–Kier alpha value is -1.55. The SMILES string of the molecule is CCCOC1Cc2cccc(OC)c2NC1=O. The molecule has 0 aromatic heterocycles. The largest absolute Gasteiger partial charge is 0.495 e. The first kappa shape index (κ1) is 11.9. The minimum Gasteiger partial charge on any atom is -0.495 e. The van der Waals surface area contributed by atoms with Crippen LogP contribution in [0.25, 0.3) is 0 Å². The van der Waals surface area contributed by atoms with E-state index in [0.29, 0.717) is 18.8 Å². The molecule has 0 spiro atoms. The fourth-order valence-electron chi connectivity index (χ4n) is 1.95. The van der Waals surface area contributed by atoms with Gasteiger partial charge in [0, 0.05) is 13.0 Å². The van der Waals surface area contributed by atoms with Crippen molar-refractivity contribution in [3.8, 4) is 5.75 Å². The zero-order chi connectivity index (χ0) is 12.3. The average molecular weight is 235 g/mol. The van der Waals surface area contributed by atoms with Crippen molar-refractivity contribution in [2.24, 2.45) is 0 Å². The molecule has 92 valence electrons. The number of amides is 1. The summed E-state index contributed by atoms with van der Waals surface area (Å²) in [4.78, 5) is 11.8. The number of carbonyl (C=O) groups excluding carboxylic acids is 1. The fourth-order valence-corrected chi connectivity index (χ4v) is 1.95. The Morgan fingerprint density at radius 3 is 3.00 bits per heavy atom. The number of methoxy groups -OCH3 is 1. The number of benzene rings is 1. The second kappa shape index (κ2) is 5.19. The van der Waals surface area contributed by atoms with Crippen LogP contribution in [0.3, 0.4) is 0 Å². The van der Waals surface area contributed by atoms with Gasteiger partial charge in [-0.2, -0.15) is 0 Å². The van der Waals surface area contributed by atoms with Gasteiger partial charge in [-0.15, -0.1) is 0 Å². The molecule has 1 N–H and O–H groups in total. The summed E-state index contributed by atoms with van der Waals surface area (Å²) in [5.74, 6) is 0.611. The van der Waals surface area contributed by atoms with Gasteiger partial charge in [0.25, 0.3) is 5.91 Å². The van der Waals surface area contributed by atoms with Crippen molar-refractivity contribution in [3.63, 3.8) is 0 Å². The molecule has 1 aliphatic rings. The van der Waals surface area contributed by atoms with Crippen LogP contribution in [0.15, 0.2) is 18.2 Å². The number of hydrogen-bond acceptors (Lipinski definition) is 3. The van der Waals surface area contributed by atoms with Crippen molar-refractivity contribution >= 4 is 11.6 Å². The predicted molar refractivity (Wildman–Crippen MR) is 65.4 cm³/mol. The van der Waals surface area contributed by atoms with Crippen LogP contribution in [0.4, 0.5) is 5.69 Å². The number of nitrogens with one attached hydrogen (secondary N) is 1. The molecule has 1 aromatic rings. The van der Waals surface area contributed by atoms with E-state index < -0.39 is 0 Å². The lowest BCUT2D eigenvalue weighted by Gasteiger charge is -2.25. The van der Waals surface area contributed by atoms with E-state index in [1.165, 1.54) is 0 Å². The molecule has 1 atom stereocenters. The summed E-state index contributed by atoms with van der Waals surface area (Å²) in [5, 5.41) is 2.85. The summed E-state index contributed by atoms with van der Waals surface area (Å²) in [6.45, 7) is 2.63. The van der Waals surface area contributed by atoms with E-state index in [1.54, 1.807) is 7.11 Å². The molecule has 17 heavy (non-hydrogen) atoms. The van der Waals surface area contributed by atoms with Gasteiger partial charge in [0.05, 0.1) is 12.8 Å². The molecule has 0 aliphatic carbocycles. The molecule has 0 bridgehead atoms. The first-order valence-electron chi connectivity index (χ1n) is 5.84. The molecule has 1 aromatic carbocycles. The molecule has 4 heteroatoms. The highest BCUT2D eigenvalue weighted by Gasteiger charge is 2.28. The van der Waals surface area contributed by atoms with Crippen molar-refractivity contribution < 1.29 is 14.3 Å². The van der Waals surface area contributed by atoms with Crippen LogP contribution in [0.5, 0.6) is 5.75 Å². The number of carbonyl (C=O) groups is 1. The van der Waals surface area contributed by atoms with E-state index in [-0.39, 0.29) is 12.0 Å². The van der Waals surface area contributed by atoms with Gasteiger partial charge in [-0.05, 0) is 18.1 Å². The van der Waals surface area contributed by atoms with E-state index in [2.05, 4.69) is 5.32 Å². The quantitative estimate of drug-likeness (QED) is 0.868. The standard InChI is InChI=1S/C13H17NO3/c1-3-7-17-11-8-9-5-4-6-10(16-2)12(9)14-13(11)15/h4-6,11H,3,7-8H2,1-2H3,(H,14,15). The summed E-state index contributed by atoms with van der Waals surface area (Å²) in [7, 11) is 1.60. The zero-order valence-corrected chi connectivity index (χ0v) is 10.2. The van der Waals surface area contributed by atoms with Gasteiger partial charge < -0.3 is 14.8 Å². The zero-order valence-electron chi connectivity index (χ0n) is 10.2. The van der Waals surface area contributed by atoms with Crippen molar-refractivity contribution in [1.82, 2.24) is 0 Å². The normalized spacial score (nSPS) is 18.5. The van der Waals surface area contributed by atoms with E-state index in [1.807, 2.05) is 25.1 Å². The Kier molecular flexibility index (Phi) is 3.64. The van der Waals surface area contributed by atoms with Crippen molar-refractivity contribution in [3.05, 3.63) is 23.8 Å². The molecule has 0 radical (unpaired) electrons. The molecular formula is C13H17NO3. The van der Waals surface area contributed by atoms with E-state index >= 15 is 0 Å². The third-order valence-corrected chi connectivity index (χ3v) is 2.80. The fraction of sp³-hybridized carbons (Fsp3) is 0.462. The Labute approximate surface area is 101 Å². The van der Waals surface area contributed by atoms with Crippen LogP contribution in [-0.4, -0.2) is 25.7 Å². The summed E-state index contributed by atoms with van der Waals surface area (Å²) in [6.07, 6.45) is 1.14. The molecule has 0 fully saturated rings. The Bertz CT molecular complexity index is 417. The lowest BCUT2D eigenvalue weighted by atomic mass is 10.0. The second-order valence-corrected chi connectivity index (χ2v) is 4.05. The molecule has 0 saturated heterocycles. The van der Waals surface area contributed by atoms with E-state index in [9.17, 15) is 4.79 Å². The van der Waals surface area contributed by atoms with E-state index in [4.69, 9.17) is 9.47 Å². The summed E-state index contributed by atoms with van der Waals surface area (Å²) in [5.41, 5.74) is 1.83. The minimum absolute atomic E-state index is 0.0875. The lowest BCUT2D eigenvalue weighted by Crippen LogP contribution is -2.37. The smallest absolute Gasteiger partial charge is 0.253 e. The maximum atomic E-state index is 11.8. The van der Waals surface area contributed by atoms with Crippen LogP contribution < -0.4 is 10.1 Å². The van der Waals surface area contributed by atoms with Gasteiger partial charge in [0.15, 0.2) is 0 Å². The van der Waals surface area contributed by atoms with Crippen molar-refractivity contribution in [2.45, 2.75) is 25.9 Å². The maximum absolute atomic E-state index is 11.8. The van der Waals surface area contributed by atoms with Crippen LogP contribution in [0.2, 0.25) is 0 Å². The van der Waals surface area contributed by atoms with Gasteiger partial charge >= 0.3 is 0 Å². The number of ether oxygens (including phenoxy) is 2. The highest BCUT2D eigenvalue weighted by molar-refractivity contribution is 5.98. The number of anilines is 1. The van der Waals surface area contributed by atoms with Crippen LogP contribution in [0, 0.1) is 0 Å². The monoisotopic (exact) mass is 235 g/mol. The molecule has 1 unspecified atom stereocenters. The van der Waals surface area contributed by atoms with Gasteiger partial charge in [0.2, 0.25) is 0 Å². The highest BCUT2D eigenvalue weighted by Crippen LogP contribution is 2.32. The van der Waals surface area contributed by atoms with Gasteiger partial charge in [-0.3, -0.25) is 4.79 Å². The molecule has 4 nitrogen and oxygen atoms in total. The Morgan fingerprint density at radius 2 is 2.29 bits per heavy atom. The third kappa shape index (κ3) is 2.42. The van der Waals surface area contributed by atoms with Crippen molar-refractivity contribution in [2.75, 3.05) is 19.0 Å². The highest BCUT2D eigenvalue weighted by atomic mass is 16.5. The number of hydrogen-bond donors (Lipinski definition) is 1. The number of rotatable bonds is 4. The van der Waals surface area contributed by atoms with Crippen LogP contribution >= 0.6 is 0 Å². The first-order valence-corrected chi connectivity index (χ1v) is 5.84. The molecule has 0 saturated carbocycles. The second-order valence-electron chi connectivity index (χ2n) is 4.05. The molecule has 1 heterocycles. The molecule has 1 amide bonds. The first-order chi connectivity index (χ1) is 8.26. The Balaban J connectivity index is 2.21. The van der Waals surface area contributed by atoms with Gasteiger partial charge in [0.1, 0.15) is 11.9 Å². The maximum Gasteiger partial charge on any atom is 0.253 e. The number of fused-ring (bicyclic) bond motifs is 1. The summed E-state index contributed by atoms with van der Waals surface area (Å²) < 4.78 is 10.7. The van der Waals surface area contributed by atoms with Crippen molar-refractivity contribution in [1.29, 1.82) is 0 Å². The van der Waals surface area contributed by atoms with Gasteiger partial charge in [-0.25, -0.2) is 0 Å². The summed E-state index contributed by atoms with van der Waals surface area (Å²) in [6, 6.07) is 5.75. The summed E-state index contributed by atoms with van der Waals surface area (Å²) >= 11 is 0. The van der Waals surface area contributed by atoms with Gasteiger partial charge in [-0.1, -0.05) is 19.1 Å².